The molecule has 0 radical (unpaired) electrons. The normalized spacial score (nSPS) is 16.4. The van der Waals surface area contributed by atoms with E-state index in [9.17, 15) is 14.7 Å². The molecule has 0 aromatic carbocycles. The molecule has 2 rings (SSSR count). The molecule has 8 heteroatoms. The van der Waals surface area contributed by atoms with Crippen LogP contribution in [0.25, 0.3) is 0 Å². The van der Waals surface area contributed by atoms with Gasteiger partial charge in [0.1, 0.15) is 6.04 Å². The Morgan fingerprint density at radius 2 is 2.04 bits per heavy atom. The lowest BCUT2D eigenvalue weighted by atomic mass is 9.96. The third-order valence-corrected chi connectivity index (χ3v) is 4.93. The van der Waals surface area contributed by atoms with Gasteiger partial charge in [0.05, 0.1) is 6.33 Å². The summed E-state index contributed by atoms with van der Waals surface area (Å²) in [6.07, 6.45) is 8.40. The molecular formula is C19H33N5O3. The predicted octanol–water partition coefficient (Wildman–Crippen LogP) is 1.22. The summed E-state index contributed by atoms with van der Waals surface area (Å²) in [6.45, 7) is 6.88. The van der Waals surface area contributed by atoms with E-state index >= 15 is 0 Å². The predicted molar refractivity (Wildman–Crippen MR) is 103 cm³/mol. The van der Waals surface area contributed by atoms with E-state index in [1.54, 1.807) is 12.5 Å². The molecule has 1 atom stereocenters. The van der Waals surface area contributed by atoms with Crippen LogP contribution in [-0.2, 0) is 11.3 Å². The van der Waals surface area contributed by atoms with E-state index in [1.807, 2.05) is 29.5 Å². The lowest BCUT2D eigenvalue weighted by molar-refractivity contribution is -0.135. The quantitative estimate of drug-likeness (QED) is 0.562. The van der Waals surface area contributed by atoms with Gasteiger partial charge in [0.25, 0.3) is 0 Å². The number of aliphatic hydroxyl groups is 1. The highest BCUT2D eigenvalue weighted by atomic mass is 16.3. The van der Waals surface area contributed by atoms with Gasteiger partial charge in [-0.3, -0.25) is 4.79 Å². The summed E-state index contributed by atoms with van der Waals surface area (Å²) < 4.78 is 1.96. The Bertz CT molecular complexity index is 568. The van der Waals surface area contributed by atoms with E-state index in [-0.39, 0.29) is 24.5 Å². The van der Waals surface area contributed by atoms with Gasteiger partial charge < -0.3 is 25.2 Å². The summed E-state index contributed by atoms with van der Waals surface area (Å²) in [5.41, 5.74) is 0. The number of nitrogens with one attached hydrogen (secondary N) is 2. The number of urea groups is 1. The van der Waals surface area contributed by atoms with E-state index in [1.165, 1.54) is 0 Å². The number of amides is 3. The van der Waals surface area contributed by atoms with E-state index in [0.717, 1.165) is 25.8 Å². The molecule has 1 aromatic rings. The number of nitrogens with zero attached hydrogens (tertiary/aromatic N) is 3. The Labute approximate surface area is 161 Å². The number of hydrogen-bond acceptors (Lipinski definition) is 4. The first-order chi connectivity index (χ1) is 13.0. The van der Waals surface area contributed by atoms with Crippen molar-refractivity contribution in [3.63, 3.8) is 0 Å². The molecule has 0 aliphatic carbocycles. The number of rotatable bonds is 9. The average molecular weight is 380 g/mol. The fraction of sp³-hybridized carbons (Fsp3) is 0.737. The number of aromatic nitrogens is 2. The number of piperidine rings is 1. The lowest BCUT2D eigenvalue weighted by Crippen LogP contribution is -2.53. The Hall–Kier alpha value is -2.09. The van der Waals surface area contributed by atoms with Crippen LogP contribution < -0.4 is 10.6 Å². The number of aliphatic hydroxyl groups excluding tert-OH is 1. The number of hydrogen-bond donors (Lipinski definition) is 3. The third-order valence-electron chi connectivity index (χ3n) is 4.93. The highest BCUT2D eigenvalue weighted by Crippen LogP contribution is 2.18. The lowest BCUT2D eigenvalue weighted by Gasteiger charge is -2.34. The second kappa shape index (κ2) is 10.9. The smallest absolute Gasteiger partial charge is 0.315 e. The molecule has 2 heterocycles. The number of likely N-dealkylation sites (tertiary alicyclic amines) is 1. The van der Waals surface area contributed by atoms with Crippen LogP contribution in [0.3, 0.4) is 0 Å². The molecule has 3 amide bonds. The van der Waals surface area contributed by atoms with Crippen LogP contribution >= 0.6 is 0 Å². The maximum absolute atomic E-state index is 12.9. The largest absolute Gasteiger partial charge is 0.396 e. The van der Waals surface area contributed by atoms with E-state index < -0.39 is 6.04 Å². The van der Waals surface area contributed by atoms with Crippen molar-refractivity contribution in [1.82, 2.24) is 25.1 Å². The van der Waals surface area contributed by atoms with Crippen molar-refractivity contribution in [1.29, 1.82) is 0 Å². The highest BCUT2D eigenvalue weighted by Gasteiger charge is 2.29. The molecule has 1 saturated heterocycles. The van der Waals surface area contributed by atoms with Gasteiger partial charge in [-0.2, -0.15) is 0 Å². The molecule has 1 fully saturated rings. The maximum Gasteiger partial charge on any atom is 0.315 e. The van der Waals surface area contributed by atoms with Crippen LogP contribution in [0.15, 0.2) is 18.7 Å². The summed E-state index contributed by atoms with van der Waals surface area (Å²) in [5, 5.41) is 14.9. The summed E-state index contributed by atoms with van der Waals surface area (Å²) in [7, 11) is 0. The maximum atomic E-state index is 12.9. The number of carbonyl (C=O) groups excluding carboxylic acids is 2. The summed E-state index contributed by atoms with van der Waals surface area (Å²) in [5.74, 6) is 0.563. The van der Waals surface area contributed by atoms with Crippen molar-refractivity contribution < 1.29 is 14.7 Å². The number of carbonyl (C=O) groups is 2. The standard InChI is InChI=1S/C19H33N5O3/c1-15(2)12-17(18(26)24-9-4-16(13-25)5-10-24)22-19(27)21-6-3-8-23-11-7-20-14-23/h7,11,14-17,25H,3-6,8-10,12-13H2,1-2H3,(H2,21,22,27). The molecule has 0 bridgehead atoms. The van der Waals surface area contributed by atoms with Gasteiger partial charge in [-0.25, -0.2) is 9.78 Å². The monoisotopic (exact) mass is 379 g/mol. The average Bonchev–Trinajstić information content (AvgIpc) is 3.17. The molecule has 1 aliphatic rings. The Morgan fingerprint density at radius 3 is 2.63 bits per heavy atom. The van der Waals surface area contributed by atoms with Gasteiger partial charge in [0.15, 0.2) is 0 Å². The van der Waals surface area contributed by atoms with Crippen molar-refractivity contribution in [2.24, 2.45) is 11.8 Å². The summed E-state index contributed by atoms with van der Waals surface area (Å²) in [6, 6.07) is -0.811. The minimum absolute atomic E-state index is 0.0198. The minimum atomic E-state index is -0.510. The third kappa shape index (κ3) is 7.21. The van der Waals surface area contributed by atoms with Crippen LogP contribution in [-0.4, -0.2) is 63.8 Å². The summed E-state index contributed by atoms with van der Waals surface area (Å²) in [4.78, 5) is 30.9. The number of aryl methyl sites for hydroxylation is 1. The fourth-order valence-electron chi connectivity index (χ4n) is 3.34. The first-order valence-corrected chi connectivity index (χ1v) is 9.89. The molecule has 27 heavy (non-hydrogen) atoms. The van der Waals surface area contributed by atoms with Crippen molar-refractivity contribution in [3.8, 4) is 0 Å². The van der Waals surface area contributed by atoms with Gasteiger partial charge in [-0.15, -0.1) is 0 Å². The van der Waals surface area contributed by atoms with Gasteiger partial charge in [-0.1, -0.05) is 13.8 Å². The van der Waals surface area contributed by atoms with Gasteiger partial charge in [0, 0.05) is 45.2 Å². The van der Waals surface area contributed by atoms with Crippen LogP contribution in [0.1, 0.15) is 39.5 Å². The van der Waals surface area contributed by atoms with Crippen LogP contribution in [0.2, 0.25) is 0 Å². The Morgan fingerprint density at radius 1 is 1.30 bits per heavy atom. The van der Waals surface area contributed by atoms with Gasteiger partial charge in [0.2, 0.25) is 5.91 Å². The van der Waals surface area contributed by atoms with Gasteiger partial charge in [-0.05, 0) is 37.5 Å². The second-order valence-electron chi connectivity index (χ2n) is 7.69. The molecule has 3 N–H and O–H groups in total. The second-order valence-corrected chi connectivity index (χ2v) is 7.69. The van der Waals surface area contributed by atoms with Gasteiger partial charge >= 0.3 is 6.03 Å². The Balaban J connectivity index is 1.78. The zero-order chi connectivity index (χ0) is 19.6. The first-order valence-electron chi connectivity index (χ1n) is 9.89. The molecule has 0 spiro atoms. The summed E-state index contributed by atoms with van der Waals surface area (Å²) >= 11 is 0. The van der Waals surface area contributed by atoms with E-state index in [0.29, 0.717) is 32.0 Å². The van der Waals surface area contributed by atoms with Crippen LogP contribution in [0.5, 0.6) is 0 Å². The SMILES string of the molecule is CC(C)CC(NC(=O)NCCCn1ccnc1)C(=O)N1CCC(CO)CC1. The van der Waals surface area contributed by atoms with E-state index in [2.05, 4.69) is 15.6 Å². The molecular weight excluding hydrogens is 346 g/mol. The molecule has 8 nitrogen and oxygen atoms in total. The van der Waals surface area contributed by atoms with Crippen molar-refractivity contribution in [2.45, 2.75) is 52.1 Å². The van der Waals surface area contributed by atoms with Crippen molar-refractivity contribution >= 4 is 11.9 Å². The molecule has 1 aromatic heterocycles. The Kier molecular flexibility index (Phi) is 8.57. The fourth-order valence-corrected chi connectivity index (χ4v) is 3.34. The molecule has 1 unspecified atom stereocenters. The van der Waals surface area contributed by atoms with Crippen LogP contribution in [0, 0.1) is 11.8 Å². The zero-order valence-corrected chi connectivity index (χ0v) is 16.4. The van der Waals surface area contributed by atoms with Crippen molar-refractivity contribution in [3.05, 3.63) is 18.7 Å². The first kappa shape index (κ1) is 21.2. The molecule has 0 saturated carbocycles. The topological polar surface area (TPSA) is 99.5 Å². The highest BCUT2D eigenvalue weighted by molar-refractivity contribution is 5.87. The molecule has 152 valence electrons. The minimum Gasteiger partial charge on any atom is -0.396 e. The number of imidazole rings is 1. The van der Waals surface area contributed by atoms with Crippen molar-refractivity contribution in [2.75, 3.05) is 26.2 Å². The van der Waals surface area contributed by atoms with E-state index in [4.69, 9.17) is 0 Å². The zero-order valence-electron chi connectivity index (χ0n) is 16.4. The molecule has 1 aliphatic heterocycles. The van der Waals surface area contributed by atoms with Crippen LogP contribution in [0.4, 0.5) is 4.79 Å².